The first kappa shape index (κ1) is 10.0. The van der Waals surface area contributed by atoms with Gasteiger partial charge in [0.05, 0.1) is 0 Å². The molecule has 0 atom stereocenters. The van der Waals surface area contributed by atoms with E-state index in [2.05, 4.69) is 0 Å². The number of carbonyl (C=O) groups excluding carboxylic acids is 1. The standard InChI is InChI=1S/C12H16N2O/c1-14(12(15)9-4-2-5-9)11-7-3-6-10(13)8-11/h3,6-9H,2,4-5,13H2,1H3. The minimum atomic E-state index is 0.215. The maximum absolute atomic E-state index is 11.9. The summed E-state index contributed by atoms with van der Waals surface area (Å²) in [6.45, 7) is 0. The lowest BCUT2D eigenvalue weighted by molar-refractivity contribution is -0.124. The second kappa shape index (κ2) is 3.93. The molecule has 0 spiro atoms. The summed E-state index contributed by atoms with van der Waals surface area (Å²) in [7, 11) is 1.81. The van der Waals surface area contributed by atoms with Gasteiger partial charge in [-0.1, -0.05) is 12.5 Å². The summed E-state index contributed by atoms with van der Waals surface area (Å²) in [5.41, 5.74) is 7.26. The lowest BCUT2D eigenvalue weighted by Crippen LogP contribution is -2.36. The first-order chi connectivity index (χ1) is 7.18. The van der Waals surface area contributed by atoms with Gasteiger partial charge in [0.1, 0.15) is 0 Å². The molecule has 0 unspecified atom stereocenters. The van der Waals surface area contributed by atoms with Gasteiger partial charge in [0.2, 0.25) is 5.91 Å². The normalized spacial score (nSPS) is 15.8. The van der Waals surface area contributed by atoms with Gasteiger partial charge in [0, 0.05) is 24.3 Å². The molecule has 15 heavy (non-hydrogen) atoms. The zero-order valence-corrected chi connectivity index (χ0v) is 8.94. The molecule has 1 aromatic rings. The summed E-state index contributed by atoms with van der Waals surface area (Å²) in [5.74, 6) is 0.447. The summed E-state index contributed by atoms with van der Waals surface area (Å²) in [6.07, 6.45) is 3.25. The number of carbonyl (C=O) groups is 1. The van der Waals surface area contributed by atoms with E-state index < -0.39 is 0 Å². The molecule has 3 heteroatoms. The average Bonchev–Trinajstić information content (AvgIpc) is 2.14. The molecule has 0 radical (unpaired) electrons. The number of rotatable bonds is 2. The minimum Gasteiger partial charge on any atom is -0.399 e. The van der Waals surface area contributed by atoms with Crippen molar-refractivity contribution in [2.45, 2.75) is 19.3 Å². The van der Waals surface area contributed by atoms with Crippen molar-refractivity contribution in [3.63, 3.8) is 0 Å². The smallest absolute Gasteiger partial charge is 0.229 e. The van der Waals surface area contributed by atoms with Crippen molar-refractivity contribution in [2.75, 3.05) is 17.7 Å². The van der Waals surface area contributed by atoms with Crippen LogP contribution in [0.1, 0.15) is 19.3 Å². The Hall–Kier alpha value is -1.51. The third-order valence-corrected chi connectivity index (χ3v) is 3.04. The van der Waals surface area contributed by atoms with Crippen LogP contribution < -0.4 is 10.6 Å². The Morgan fingerprint density at radius 1 is 1.47 bits per heavy atom. The largest absolute Gasteiger partial charge is 0.399 e. The van der Waals surface area contributed by atoms with Crippen LogP contribution in [0.15, 0.2) is 24.3 Å². The molecule has 2 rings (SSSR count). The number of hydrogen-bond donors (Lipinski definition) is 1. The van der Waals surface area contributed by atoms with Gasteiger partial charge in [-0.2, -0.15) is 0 Å². The fourth-order valence-electron chi connectivity index (χ4n) is 1.79. The summed E-state index contributed by atoms with van der Waals surface area (Å²) >= 11 is 0. The summed E-state index contributed by atoms with van der Waals surface area (Å²) in [4.78, 5) is 13.6. The van der Waals surface area contributed by atoms with E-state index >= 15 is 0 Å². The van der Waals surface area contributed by atoms with E-state index in [4.69, 9.17) is 5.73 Å². The Balaban J connectivity index is 2.12. The Kier molecular flexibility index (Phi) is 2.62. The fraction of sp³-hybridized carbons (Fsp3) is 0.417. The quantitative estimate of drug-likeness (QED) is 0.749. The molecule has 1 aliphatic rings. The highest BCUT2D eigenvalue weighted by Gasteiger charge is 2.28. The van der Waals surface area contributed by atoms with Crippen molar-refractivity contribution in [1.82, 2.24) is 0 Å². The highest BCUT2D eigenvalue weighted by atomic mass is 16.2. The van der Waals surface area contributed by atoms with Crippen molar-refractivity contribution >= 4 is 17.3 Å². The van der Waals surface area contributed by atoms with Gasteiger partial charge in [-0.15, -0.1) is 0 Å². The van der Waals surface area contributed by atoms with Crippen molar-refractivity contribution in [3.05, 3.63) is 24.3 Å². The van der Waals surface area contributed by atoms with E-state index in [1.54, 1.807) is 4.90 Å². The Labute approximate surface area is 89.9 Å². The van der Waals surface area contributed by atoms with E-state index in [1.165, 1.54) is 6.42 Å². The van der Waals surface area contributed by atoms with E-state index in [9.17, 15) is 4.79 Å². The van der Waals surface area contributed by atoms with Gasteiger partial charge < -0.3 is 10.6 Å². The molecule has 80 valence electrons. The van der Waals surface area contributed by atoms with Crippen LogP contribution in [-0.4, -0.2) is 13.0 Å². The highest BCUT2D eigenvalue weighted by molar-refractivity contribution is 5.95. The molecule has 1 saturated carbocycles. The maximum atomic E-state index is 11.9. The average molecular weight is 204 g/mol. The van der Waals surface area contributed by atoms with Gasteiger partial charge in [-0.05, 0) is 31.0 Å². The number of nitrogens with two attached hydrogens (primary N) is 1. The second-order valence-electron chi connectivity index (χ2n) is 4.12. The number of anilines is 2. The molecule has 0 aliphatic heterocycles. The third-order valence-electron chi connectivity index (χ3n) is 3.04. The van der Waals surface area contributed by atoms with Crippen LogP contribution in [-0.2, 0) is 4.79 Å². The monoisotopic (exact) mass is 204 g/mol. The van der Waals surface area contributed by atoms with Crippen molar-refractivity contribution in [1.29, 1.82) is 0 Å². The molecule has 1 fully saturated rings. The van der Waals surface area contributed by atoms with Crippen LogP contribution in [0.2, 0.25) is 0 Å². The molecule has 0 saturated heterocycles. The Bertz CT molecular complexity index is 372. The molecule has 0 bridgehead atoms. The molecular weight excluding hydrogens is 188 g/mol. The summed E-state index contributed by atoms with van der Waals surface area (Å²) < 4.78 is 0. The lowest BCUT2D eigenvalue weighted by atomic mass is 9.84. The van der Waals surface area contributed by atoms with Gasteiger partial charge in [-0.3, -0.25) is 4.79 Å². The number of nitrogens with zero attached hydrogens (tertiary/aromatic N) is 1. The van der Waals surface area contributed by atoms with Crippen LogP contribution in [0.4, 0.5) is 11.4 Å². The number of amides is 1. The molecule has 1 aromatic carbocycles. The van der Waals surface area contributed by atoms with Crippen LogP contribution in [0.25, 0.3) is 0 Å². The predicted octanol–water partition coefficient (Wildman–Crippen LogP) is 2.03. The zero-order valence-electron chi connectivity index (χ0n) is 8.94. The predicted molar refractivity (Wildman–Crippen MR) is 61.6 cm³/mol. The molecule has 2 N–H and O–H groups in total. The topological polar surface area (TPSA) is 46.3 Å². The lowest BCUT2D eigenvalue weighted by Gasteiger charge is -2.29. The Morgan fingerprint density at radius 3 is 2.73 bits per heavy atom. The molecular formula is C12H16N2O. The van der Waals surface area contributed by atoms with Crippen LogP contribution in [0.3, 0.4) is 0 Å². The van der Waals surface area contributed by atoms with Gasteiger partial charge in [-0.25, -0.2) is 0 Å². The number of benzene rings is 1. The molecule has 0 heterocycles. The van der Waals surface area contributed by atoms with E-state index in [0.717, 1.165) is 18.5 Å². The molecule has 1 amide bonds. The first-order valence-electron chi connectivity index (χ1n) is 5.31. The molecule has 1 aliphatic carbocycles. The number of nitrogen functional groups attached to an aromatic ring is 1. The summed E-state index contributed by atoms with van der Waals surface area (Å²) in [6, 6.07) is 7.43. The van der Waals surface area contributed by atoms with E-state index in [0.29, 0.717) is 5.69 Å². The Morgan fingerprint density at radius 2 is 2.20 bits per heavy atom. The van der Waals surface area contributed by atoms with Gasteiger partial charge in [0.15, 0.2) is 0 Å². The van der Waals surface area contributed by atoms with Gasteiger partial charge >= 0.3 is 0 Å². The first-order valence-corrected chi connectivity index (χ1v) is 5.31. The van der Waals surface area contributed by atoms with E-state index in [-0.39, 0.29) is 11.8 Å². The zero-order chi connectivity index (χ0) is 10.8. The minimum absolute atomic E-state index is 0.215. The number of hydrogen-bond acceptors (Lipinski definition) is 2. The van der Waals surface area contributed by atoms with Crippen molar-refractivity contribution < 1.29 is 4.79 Å². The van der Waals surface area contributed by atoms with Crippen molar-refractivity contribution in [3.8, 4) is 0 Å². The highest BCUT2D eigenvalue weighted by Crippen LogP contribution is 2.29. The van der Waals surface area contributed by atoms with Crippen LogP contribution in [0, 0.1) is 5.92 Å². The SMILES string of the molecule is CN(C(=O)C1CCC1)c1cccc(N)c1. The molecule has 3 nitrogen and oxygen atoms in total. The molecule has 0 aromatic heterocycles. The second-order valence-corrected chi connectivity index (χ2v) is 4.12. The van der Waals surface area contributed by atoms with Gasteiger partial charge in [0.25, 0.3) is 0 Å². The fourth-order valence-corrected chi connectivity index (χ4v) is 1.79. The van der Waals surface area contributed by atoms with Crippen LogP contribution in [0.5, 0.6) is 0 Å². The van der Waals surface area contributed by atoms with E-state index in [1.807, 2.05) is 31.3 Å². The summed E-state index contributed by atoms with van der Waals surface area (Å²) in [5, 5.41) is 0. The van der Waals surface area contributed by atoms with Crippen molar-refractivity contribution in [2.24, 2.45) is 5.92 Å². The van der Waals surface area contributed by atoms with Crippen LogP contribution >= 0.6 is 0 Å². The third kappa shape index (κ3) is 1.96. The maximum Gasteiger partial charge on any atom is 0.229 e.